The Hall–Kier alpha value is -3.26. The maximum absolute atomic E-state index is 12.0. The minimum atomic E-state index is -0.870. The van der Waals surface area contributed by atoms with E-state index in [2.05, 4.69) is 5.32 Å². The van der Waals surface area contributed by atoms with Crippen molar-refractivity contribution in [1.29, 1.82) is 0 Å². The number of aryl methyl sites for hydroxylation is 1. The molecule has 0 aliphatic heterocycles. The zero-order chi connectivity index (χ0) is 17.7. The topological polar surface area (TPSA) is 125 Å². The van der Waals surface area contributed by atoms with Crippen LogP contribution in [0.3, 0.4) is 0 Å². The van der Waals surface area contributed by atoms with Crippen molar-refractivity contribution in [2.24, 2.45) is 5.73 Å². The third-order valence-electron chi connectivity index (χ3n) is 3.23. The lowest BCUT2D eigenvalue weighted by molar-refractivity contribution is -0.385. The molecule has 2 aromatic carbocycles. The van der Waals surface area contributed by atoms with Crippen LogP contribution in [0.4, 0.5) is 16.2 Å². The second-order valence-corrected chi connectivity index (χ2v) is 4.90. The number of hydrogen-bond acceptors (Lipinski definition) is 6. The summed E-state index contributed by atoms with van der Waals surface area (Å²) < 4.78 is 5.11. The van der Waals surface area contributed by atoms with Gasteiger partial charge in [0.15, 0.2) is 5.78 Å². The van der Waals surface area contributed by atoms with Crippen molar-refractivity contribution in [3.63, 3.8) is 0 Å². The van der Waals surface area contributed by atoms with E-state index in [1.807, 2.05) is 0 Å². The van der Waals surface area contributed by atoms with Gasteiger partial charge in [0.1, 0.15) is 5.75 Å². The monoisotopic (exact) mass is 329 g/mol. The number of anilines is 1. The number of benzene rings is 2. The molecule has 0 bridgehead atoms. The van der Waals surface area contributed by atoms with Crippen LogP contribution in [0, 0.1) is 17.0 Å². The Morgan fingerprint density at radius 3 is 2.62 bits per heavy atom. The van der Waals surface area contributed by atoms with Crippen LogP contribution >= 0.6 is 0 Å². The number of rotatable bonds is 5. The SMILES string of the molecule is Cc1ccc(NC(=O)Oc2ccccc2C(=O)CN)cc1[N+](=O)[O-]. The summed E-state index contributed by atoms with van der Waals surface area (Å²) in [6.07, 6.45) is -0.870. The van der Waals surface area contributed by atoms with Crippen molar-refractivity contribution in [3.8, 4) is 5.75 Å². The van der Waals surface area contributed by atoms with Crippen LogP contribution in [-0.4, -0.2) is 23.3 Å². The largest absolute Gasteiger partial charge is 0.417 e. The van der Waals surface area contributed by atoms with Gasteiger partial charge in [0.25, 0.3) is 5.69 Å². The van der Waals surface area contributed by atoms with Crippen molar-refractivity contribution in [3.05, 3.63) is 63.7 Å². The fraction of sp³-hybridized carbons (Fsp3) is 0.125. The van der Waals surface area contributed by atoms with E-state index in [9.17, 15) is 19.7 Å². The molecular weight excluding hydrogens is 314 g/mol. The number of nitro benzene ring substituents is 1. The van der Waals surface area contributed by atoms with Crippen LogP contribution in [0.1, 0.15) is 15.9 Å². The molecular formula is C16H15N3O5. The molecule has 0 unspecified atom stereocenters. The molecule has 0 aliphatic carbocycles. The predicted molar refractivity (Wildman–Crippen MR) is 87.3 cm³/mol. The second kappa shape index (κ2) is 7.34. The van der Waals surface area contributed by atoms with Crippen molar-refractivity contribution in [2.45, 2.75) is 6.92 Å². The Labute approximate surface area is 137 Å². The zero-order valence-electron chi connectivity index (χ0n) is 12.8. The molecule has 124 valence electrons. The van der Waals surface area contributed by atoms with Gasteiger partial charge in [-0.15, -0.1) is 0 Å². The van der Waals surface area contributed by atoms with Gasteiger partial charge < -0.3 is 10.5 Å². The van der Waals surface area contributed by atoms with E-state index in [4.69, 9.17) is 10.5 Å². The Morgan fingerprint density at radius 1 is 1.25 bits per heavy atom. The average molecular weight is 329 g/mol. The van der Waals surface area contributed by atoms with Gasteiger partial charge in [-0.2, -0.15) is 0 Å². The molecule has 0 aromatic heterocycles. The molecule has 0 saturated heterocycles. The molecule has 24 heavy (non-hydrogen) atoms. The molecule has 8 heteroatoms. The van der Waals surface area contributed by atoms with Crippen LogP contribution in [0.15, 0.2) is 42.5 Å². The number of para-hydroxylation sites is 1. The molecule has 2 rings (SSSR count). The summed E-state index contributed by atoms with van der Waals surface area (Å²) in [5.74, 6) is -0.309. The third kappa shape index (κ3) is 3.93. The number of ether oxygens (including phenoxy) is 1. The van der Waals surface area contributed by atoms with Gasteiger partial charge in [-0.25, -0.2) is 4.79 Å². The number of nitrogens with zero attached hydrogens (tertiary/aromatic N) is 1. The zero-order valence-corrected chi connectivity index (χ0v) is 12.8. The molecule has 0 radical (unpaired) electrons. The van der Waals surface area contributed by atoms with E-state index >= 15 is 0 Å². The standard InChI is InChI=1S/C16H15N3O5/c1-10-6-7-11(8-13(10)19(22)23)18-16(21)24-15-5-3-2-4-12(15)14(20)9-17/h2-8H,9,17H2,1H3,(H,18,21). The summed E-state index contributed by atoms with van der Waals surface area (Å²) in [6.45, 7) is 1.38. The predicted octanol–water partition coefficient (Wildman–Crippen LogP) is 2.66. The highest BCUT2D eigenvalue weighted by Crippen LogP contribution is 2.23. The highest BCUT2D eigenvalue weighted by atomic mass is 16.6. The minimum Gasteiger partial charge on any atom is -0.409 e. The fourth-order valence-electron chi connectivity index (χ4n) is 2.02. The van der Waals surface area contributed by atoms with Gasteiger partial charge >= 0.3 is 6.09 Å². The lowest BCUT2D eigenvalue weighted by Gasteiger charge is -2.10. The lowest BCUT2D eigenvalue weighted by Crippen LogP contribution is -2.20. The van der Waals surface area contributed by atoms with Gasteiger partial charge in [0.05, 0.1) is 22.7 Å². The summed E-state index contributed by atoms with van der Waals surface area (Å²) in [5, 5.41) is 13.3. The number of hydrogen-bond donors (Lipinski definition) is 2. The maximum Gasteiger partial charge on any atom is 0.417 e. The Bertz CT molecular complexity index is 804. The molecule has 0 spiro atoms. The Morgan fingerprint density at radius 2 is 1.96 bits per heavy atom. The number of Topliss-reactive ketones (excluding diaryl/α,β-unsaturated/α-hetero) is 1. The smallest absolute Gasteiger partial charge is 0.409 e. The quantitative estimate of drug-likeness (QED) is 0.493. The second-order valence-electron chi connectivity index (χ2n) is 4.90. The van der Waals surface area contributed by atoms with Gasteiger partial charge in [-0.05, 0) is 25.1 Å². The first-order valence-corrected chi connectivity index (χ1v) is 6.98. The van der Waals surface area contributed by atoms with Crippen LogP contribution < -0.4 is 15.8 Å². The summed E-state index contributed by atoms with van der Waals surface area (Å²) in [6, 6.07) is 10.4. The average Bonchev–Trinajstić information content (AvgIpc) is 2.56. The van der Waals surface area contributed by atoms with Gasteiger partial charge in [0.2, 0.25) is 0 Å². The van der Waals surface area contributed by atoms with Crippen molar-refractivity contribution in [2.75, 3.05) is 11.9 Å². The lowest BCUT2D eigenvalue weighted by atomic mass is 10.1. The van der Waals surface area contributed by atoms with E-state index < -0.39 is 11.0 Å². The number of nitrogens with two attached hydrogens (primary N) is 1. The van der Waals surface area contributed by atoms with E-state index in [0.717, 1.165) is 0 Å². The molecule has 0 atom stereocenters. The Balaban J connectivity index is 2.16. The maximum atomic E-state index is 12.0. The number of carbonyl (C=O) groups is 2. The van der Waals surface area contributed by atoms with E-state index in [0.29, 0.717) is 5.56 Å². The highest BCUT2D eigenvalue weighted by Gasteiger charge is 2.16. The molecule has 0 heterocycles. The van der Waals surface area contributed by atoms with Gasteiger partial charge in [-0.3, -0.25) is 20.2 Å². The normalized spacial score (nSPS) is 10.1. The molecule has 1 amide bonds. The van der Waals surface area contributed by atoms with Crippen molar-refractivity contribution >= 4 is 23.3 Å². The number of ketones is 1. The molecule has 2 aromatic rings. The van der Waals surface area contributed by atoms with Crippen LogP contribution in [-0.2, 0) is 0 Å². The first-order chi connectivity index (χ1) is 11.4. The van der Waals surface area contributed by atoms with Gasteiger partial charge in [-0.1, -0.05) is 18.2 Å². The fourth-order valence-corrected chi connectivity index (χ4v) is 2.02. The van der Waals surface area contributed by atoms with Crippen LogP contribution in [0.5, 0.6) is 5.75 Å². The van der Waals surface area contributed by atoms with Crippen molar-refractivity contribution < 1.29 is 19.2 Å². The molecule has 0 aliphatic rings. The molecule has 0 fully saturated rings. The third-order valence-corrected chi connectivity index (χ3v) is 3.23. The number of amides is 1. The van der Waals surface area contributed by atoms with Crippen molar-refractivity contribution in [1.82, 2.24) is 0 Å². The first-order valence-electron chi connectivity index (χ1n) is 6.98. The van der Waals surface area contributed by atoms with Crippen LogP contribution in [0.25, 0.3) is 0 Å². The summed E-state index contributed by atoms with van der Waals surface area (Å²) >= 11 is 0. The van der Waals surface area contributed by atoms with Crippen LogP contribution in [0.2, 0.25) is 0 Å². The van der Waals surface area contributed by atoms with E-state index in [-0.39, 0.29) is 35.0 Å². The molecule has 0 saturated carbocycles. The minimum absolute atomic E-state index is 0.0621. The number of nitrogens with one attached hydrogen (secondary N) is 1. The summed E-state index contributed by atoms with van der Waals surface area (Å²) in [7, 11) is 0. The molecule has 8 nitrogen and oxygen atoms in total. The number of carbonyl (C=O) groups excluding carboxylic acids is 2. The first kappa shape index (κ1) is 17.1. The summed E-state index contributed by atoms with van der Waals surface area (Å²) in [4.78, 5) is 34.1. The van der Waals surface area contributed by atoms with E-state index in [1.54, 1.807) is 19.1 Å². The highest BCUT2D eigenvalue weighted by molar-refractivity contribution is 6.01. The Kier molecular flexibility index (Phi) is 5.23. The van der Waals surface area contributed by atoms with E-state index in [1.165, 1.54) is 30.3 Å². The molecule has 3 N–H and O–H groups in total. The summed E-state index contributed by atoms with van der Waals surface area (Å²) in [5.41, 5.74) is 6.06. The number of nitro groups is 1. The van der Waals surface area contributed by atoms with Gasteiger partial charge in [0, 0.05) is 11.6 Å².